The van der Waals surface area contributed by atoms with Crippen LogP contribution in [0.3, 0.4) is 0 Å². The van der Waals surface area contributed by atoms with E-state index in [0.717, 1.165) is 45.5 Å². The van der Waals surface area contributed by atoms with E-state index in [2.05, 4.69) is 12.2 Å². The van der Waals surface area contributed by atoms with E-state index in [1.165, 1.54) is 6.42 Å². The van der Waals surface area contributed by atoms with E-state index in [1.54, 1.807) is 0 Å². The third kappa shape index (κ3) is 5.47. The van der Waals surface area contributed by atoms with Crippen molar-refractivity contribution in [3.63, 3.8) is 0 Å². The van der Waals surface area contributed by atoms with Crippen LogP contribution < -0.4 is 5.32 Å². The molecule has 16 heavy (non-hydrogen) atoms. The van der Waals surface area contributed by atoms with Crippen LogP contribution in [0.5, 0.6) is 0 Å². The summed E-state index contributed by atoms with van der Waals surface area (Å²) in [7, 11) is 0. The highest BCUT2D eigenvalue weighted by Crippen LogP contribution is 2.07. The summed E-state index contributed by atoms with van der Waals surface area (Å²) in [5.41, 5.74) is 0. The molecule has 0 radical (unpaired) electrons. The molecule has 4 heteroatoms. The molecule has 1 N–H and O–H groups in total. The van der Waals surface area contributed by atoms with Gasteiger partial charge in [-0.15, -0.1) is 0 Å². The zero-order valence-corrected chi connectivity index (χ0v) is 10.3. The molecule has 0 aromatic rings. The van der Waals surface area contributed by atoms with E-state index >= 15 is 0 Å². The number of piperidine rings is 1. The summed E-state index contributed by atoms with van der Waals surface area (Å²) in [5, 5.41) is 3.13. The minimum Gasteiger partial charge on any atom is -0.380 e. The molecule has 0 aliphatic carbocycles. The number of hydrogen-bond acceptors (Lipinski definition) is 3. The maximum Gasteiger partial charge on any atom is 0.236 e. The van der Waals surface area contributed by atoms with E-state index in [4.69, 9.17) is 4.74 Å². The number of carbonyl (C=O) groups excluding carboxylic acids is 1. The first-order valence-electron chi connectivity index (χ1n) is 6.41. The number of amides is 1. The van der Waals surface area contributed by atoms with Crippen LogP contribution in [0.25, 0.3) is 0 Å². The van der Waals surface area contributed by atoms with Gasteiger partial charge in [-0.25, -0.2) is 0 Å². The molecule has 0 bridgehead atoms. The van der Waals surface area contributed by atoms with Crippen LogP contribution in [0.2, 0.25) is 0 Å². The Morgan fingerprint density at radius 1 is 1.25 bits per heavy atom. The second-order valence-corrected chi connectivity index (χ2v) is 4.23. The van der Waals surface area contributed by atoms with Gasteiger partial charge in [-0.05, 0) is 25.7 Å². The first-order valence-corrected chi connectivity index (χ1v) is 6.41. The minimum atomic E-state index is 0.232. The molecule has 0 aromatic heterocycles. The monoisotopic (exact) mass is 228 g/mol. The largest absolute Gasteiger partial charge is 0.380 e. The van der Waals surface area contributed by atoms with Crippen molar-refractivity contribution in [2.24, 2.45) is 0 Å². The smallest absolute Gasteiger partial charge is 0.236 e. The molecule has 0 unspecified atom stereocenters. The topological polar surface area (TPSA) is 41.6 Å². The quantitative estimate of drug-likeness (QED) is 0.661. The molecule has 1 aliphatic heterocycles. The minimum absolute atomic E-state index is 0.232. The molecule has 1 fully saturated rings. The molecule has 1 rings (SSSR count). The fourth-order valence-corrected chi connectivity index (χ4v) is 1.84. The molecule has 1 heterocycles. The lowest BCUT2D eigenvalue weighted by Gasteiger charge is -2.26. The Balaban J connectivity index is 1.97. The Kier molecular flexibility index (Phi) is 7.17. The normalized spacial score (nSPS) is 16.4. The van der Waals surface area contributed by atoms with E-state index in [-0.39, 0.29) is 5.91 Å². The van der Waals surface area contributed by atoms with Gasteiger partial charge in [0.05, 0.1) is 13.2 Å². The average Bonchev–Trinajstić information content (AvgIpc) is 2.34. The second-order valence-electron chi connectivity index (χ2n) is 4.23. The van der Waals surface area contributed by atoms with E-state index in [9.17, 15) is 4.79 Å². The van der Waals surface area contributed by atoms with Gasteiger partial charge < -0.3 is 15.0 Å². The zero-order chi connectivity index (χ0) is 11.6. The molecule has 94 valence electrons. The first kappa shape index (κ1) is 13.5. The fourth-order valence-electron chi connectivity index (χ4n) is 1.84. The fraction of sp³-hybridized carbons (Fsp3) is 0.917. The van der Waals surface area contributed by atoms with Crippen molar-refractivity contribution in [2.45, 2.75) is 32.6 Å². The SMILES string of the molecule is CCCOCCNCC(=O)N1CCCCC1. The van der Waals surface area contributed by atoms with E-state index < -0.39 is 0 Å². The number of rotatable bonds is 7. The molecule has 0 aromatic carbocycles. The van der Waals surface area contributed by atoms with Gasteiger partial charge in [-0.1, -0.05) is 6.92 Å². The third-order valence-corrected chi connectivity index (χ3v) is 2.76. The van der Waals surface area contributed by atoms with Gasteiger partial charge in [0.2, 0.25) is 5.91 Å². The van der Waals surface area contributed by atoms with Crippen molar-refractivity contribution >= 4 is 5.91 Å². The summed E-state index contributed by atoms with van der Waals surface area (Å²) >= 11 is 0. The number of ether oxygens (including phenoxy) is 1. The van der Waals surface area contributed by atoms with Crippen LogP contribution in [-0.4, -0.2) is 50.2 Å². The van der Waals surface area contributed by atoms with Crippen LogP contribution in [0, 0.1) is 0 Å². The van der Waals surface area contributed by atoms with Crippen LogP contribution in [-0.2, 0) is 9.53 Å². The third-order valence-electron chi connectivity index (χ3n) is 2.76. The van der Waals surface area contributed by atoms with Gasteiger partial charge in [0.15, 0.2) is 0 Å². The summed E-state index contributed by atoms with van der Waals surface area (Å²) in [6.45, 7) is 6.69. The highest BCUT2D eigenvalue weighted by Gasteiger charge is 2.15. The Labute approximate surface area is 98.3 Å². The van der Waals surface area contributed by atoms with Gasteiger partial charge in [0.1, 0.15) is 0 Å². The predicted molar refractivity (Wildman–Crippen MR) is 64.4 cm³/mol. The molecular formula is C12H24N2O2. The summed E-state index contributed by atoms with van der Waals surface area (Å²) in [6.07, 6.45) is 4.63. The van der Waals surface area contributed by atoms with Gasteiger partial charge in [-0.3, -0.25) is 4.79 Å². The molecule has 0 atom stereocenters. The number of nitrogens with zero attached hydrogens (tertiary/aromatic N) is 1. The number of nitrogens with one attached hydrogen (secondary N) is 1. The molecular weight excluding hydrogens is 204 g/mol. The van der Waals surface area contributed by atoms with Crippen molar-refractivity contribution in [1.29, 1.82) is 0 Å². The zero-order valence-electron chi connectivity index (χ0n) is 10.3. The van der Waals surface area contributed by atoms with Crippen molar-refractivity contribution < 1.29 is 9.53 Å². The number of hydrogen-bond donors (Lipinski definition) is 1. The van der Waals surface area contributed by atoms with Crippen molar-refractivity contribution in [2.75, 3.05) is 39.4 Å². The lowest BCUT2D eigenvalue weighted by molar-refractivity contribution is -0.131. The van der Waals surface area contributed by atoms with Crippen LogP contribution >= 0.6 is 0 Å². The predicted octanol–water partition coefficient (Wildman–Crippen LogP) is 1.02. The summed E-state index contributed by atoms with van der Waals surface area (Å²) < 4.78 is 5.32. The highest BCUT2D eigenvalue weighted by molar-refractivity contribution is 5.78. The Bertz CT molecular complexity index is 191. The highest BCUT2D eigenvalue weighted by atomic mass is 16.5. The molecule has 1 aliphatic rings. The maximum absolute atomic E-state index is 11.7. The first-order chi connectivity index (χ1) is 7.84. The summed E-state index contributed by atoms with van der Waals surface area (Å²) in [6, 6.07) is 0. The van der Waals surface area contributed by atoms with Crippen molar-refractivity contribution in [3.8, 4) is 0 Å². The number of likely N-dealkylation sites (tertiary alicyclic amines) is 1. The van der Waals surface area contributed by atoms with E-state index in [0.29, 0.717) is 13.2 Å². The summed E-state index contributed by atoms with van der Waals surface area (Å²) in [5.74, 6) is 0.232. The maximum atomic E-state index is 11.7. The Morgan fingerprint density at radius 3 is 2.69 bits per heavy atom. The molecule has 1 saturated heterocycles. The van der Waals surface area contributed by atoms with Crippen molar-refractivity contribution in [3.05, 3.63) is 0 Å². The van der Waals surface area contributed by atoms with Gasteiger partial charge >= 0.3 is 0 Å². The lowest BCUT2D eigenvalue weighted by Crippen LogP contribution is -2.41. The van der Waals surface area contributed by atoms with E-state index in [1.807, 2.05) is 4.90 Å². The summed E-state index contributed by atoms with van der Waals surface area (Å²) in [4.78, 5) is 13.7. The lowest BCUT2D eigenvalue weighted by atomic mass is 10.1. The standard InChI is InChI=1S/C12H24N2O2/c1-2-9-16-10-6-13-11-12(15)14-7-4-3-5-8-14/h13H,2-11H2,1H3. The van der Waals surface area contributed by atoms with Crippen LogP contribution in [0.15, 0.2) is 0 Å². The van der Waals surface area contributed by atoms with Gasteiger partial charge in [0.25, 0.3) is 0 Å². The van der Waals surface area contributed by atoms with Crippen LogP contribution in [0.4, 0.5) is 0 Å². The molecule has 4 nitrogen and oxygen atoms in total. The Hall–Kier alpha value is -0.610. The van der Waals surface area contributed by atoms with Gasteiger partial charge in [0, 0.05) is 26.2 Å². The van der Waals surface area contributed by atoms with Crippen molar-refractivity contribution in [1.82, 2.24) is 10.2 Å². The average molecular weight is 228 g/mol. The number of carbonyl (C=O) groups is 1. The van der Waals surface area contributed by atoms with Gasteiger partial charge in [-0.2, -0.15) is 0 Å². The Morgan fingerprint density at radius 2 is 2.00 bits per heavy atom. The van der Waals surface area contributed by atoms with Crippen LogP contribution in [0.1, 0.15) is 32.6 Å². The molecule has 1 amide bonds. The second kappa shape index (κ2) is 8.53. The molecule has 0 saturated carbocycles. The molecule has 0 spiro atoms.